The van der Waals surface area contributed by atoms with E-state index in [2.05, 4.69) is 31.0 Å². The Hall–Kier alpha value is -0.120. The van der Waals surface area contributed by atoms with E-state index in [0.29, 0.717) is 17.6 Å². The van der Waals surface area contributed by atoms with E-state index in [9.17, 15) is 0 Å². The van der Waals surface area contributed by atoms with Crippen LogP contribution in [0.25, 0.3) is 0 Å². The fraction of sp³-hybridized carbons (Fsp3) is 1.00. The van der Waals surface area contributed by atoms with Crippen LogP contribution in [0.2, 0.25) is 0 Å². The van der Waals surface area contributed by atoms with E-state index in [-0.39, 0.29) is 0 Å². The summed E-state index contributed by atoms with van der Waals surface area (Å²) in [6, 6.07) is 0.649. The standard InChI is InChI=1S/C17H34N2O/c1-4-17(3)15(14-16(17)20-5-2)18-10-13-19-11-8-6-7-9-12-19/h15-16,18H,4-14H2,1-3H3. The van der Waals surface area contributed by atoms with E-state index in [0.717, 1.165) is 13.2 Å². The van der Waals surface area contributed by atoms with Gasteiger partial charge in [0.15, 0.2) is 0 Å². The molecule has 1 N–H and O–H groups in total. The van der Waals surface area contributed by atoms with Crippen molar-refractivity contribution in [3.63, 3.8) is 0 Å². The van der Waals surface area contributed by atoms with E-state index in [4.69, 9.17) is 4.74 Å². The quantitative estimate of drug-likeness (QED) is 0.777. The van der Waals surface area contributed by atoms with Gasteiger partial charge in [-0.1, -0.05) is 26.7 Å². The molecule has 3 atom stereocenters. The molecule has 118 valence electrons. The van der Waals surface area contributed by atoms with Crippen LogP contribution in [0.1, 0.15) is 59.3 Å². The van der Waals surface area contributed by atoms with Crippen molar-refractivity contribution in [2.24, 2.45) is 5.41 Å². The van der Waals surface area contributed by atoms with Gasteiger partial charge in [0.05, 0.1) is 6.10 Å². The van der Waals surface area contributed by atoms with Gasteiger partial charge in [-0.25, -0.2) is 0 Å². The molecule has 20 heavy (non-hydrogen) atoms. The Morgan fingerprint density at radius 1 is 1.15 bits per heavy atom. The molecule has 2 aliphatic rings. The van der Waals surface area contributed by atoms with Crippen molar-refractivity contribution in [3.05, 3.63) is 0 Å². The summed E-state index contributed by atoms with van der Waals surface area (Å²) in [6.07, 6.45) is 8.50. The van der Waals surface area contributed by atoms with Crippen molar-refractivity contribution >= 4 is 0 Å². The van der Waals surface area contributed by atoms with Gasteiger partial charge >= 0.3 is 0 Å². The highest BCUT2D eigenvalue weighted by atomic mass is 16.5. The number of rotatable bonds is 7. The molecule has 1 saturated heterocycles. The van der Waals surface area contributed by atoms with Gasteiger partial charge in [-0.15, -0.1) is 0 Å². The molecule has 0 bridgehead atoms. The maximum absolute atomic E-state index is 5.88. The van der Waals surface area contributed by atoms with Crippen LogP contribution in [-0.4, -0.2) is 49.8 Å². The summed E-state index contributed by atoms with van der Waals surface area (Å²) in [5.41, 5.74) is 0.342. The van der Waals surface area contributed by atoms with E-state index >= 15 is 0 Å². The molecule has 2 fully saturated rings. The summed E-state index contributed by atoms with van der Waals surface area (Å²) in [5, 5.41) is 3.80. The average Bonchev–Trinajstić information content (AvgIpc) is 2.73. The maximum atomic E-state index is 5.88. The third-order valence-corrected chi connectivity index (χ3v) is 5.63. The Bertz CT molecular complexity index is 276. The Balaban J connectivity index is 1.69. The number of hydrogen-bond donors (Lipinski definition) is 1. The minimum atomic E-state index is 0.342. The molecular formula is C17H34N2O. The SMILES string of the molecule is CCOC1CC(NCCN2CCCCCC2)C1(C)CC. The molecule has 0 spiro atoms. The molecule has 0 radical (unpaired) electrons. The first-order valence-electron chi connectivity index (χ1n) is 8.78. The zero-order valence-electron chi connectivity index (χ0n) is 13.8. The Morgan fingerprint density at radius 3 is 2.45 bits per heavy atom. The summed E-state index contributed by atoms with van der Waals surface area (Å²) < 4.78 is 5.88. The number of nitrogens with one attached hydrogen (secondary N) is 1. The number of ether oxygens (including phenoxy) is 1. The molecule has 0 aromatic carbocycles. The Kier molecular flexibility index (Phi) is 6.31. The highest BCUT2D eigenvalue weighted by Gasteiger charge is 2.50. The van der Waals surface area contributed by atoms with Crippen LogP contribution in [0, 0.1) is 5.41 Å². The topological polar surface area (TPSA) is 24.5 Å². The number of nitrogens with zero attached hydrogens (tertiary/aromatic N) is 1. The Morgan fingerprint density at radius 2 is 1.85 bits per heavy atom. The summed E-state index contributed by atoms with van der Waals surface area (Å²) in [6.45, 7) is 12.6. The van der Waals surface area contributed by atoms with Crippen molar-refractivity contribution < 1.29 is 4.74 Å². The van der Waals surface area contributed by atoms with E-state index in [1.165, 1.54) is 58.2 Å². The molecule has 3 unspecified atom stereocenters. The fourth-order valence-electron chi connectivity index (χ4n) is 3.82. The predicted molar refractivity (Wildman–Crippen MR) is 85.1 cm³/mol. The van der Waals surface area contributed by atoms with E-state index in [1.807, 2.05) is 0 Å². The minimum Gasteiger partial charge on any atom is -0.378 e. The molecule has 1 saturated carbocycles. The van der Waals surface area contributed by atoms with Crippen LogP contribution < -0.4 is 5.32 Å². The lowest BCUT2D eigenvalue weighted by Gasteiger charge is -2.54. The predicted octanol–water partition coefficient (Wildman–Crippen LogP) is 3.05. The first-order chi connectivity index (χ1) is 9.70. The lowest BCUT2D eigenvalue weighted by Crippen LogP contribution is -2.62. The van der Waals surface area contributed by atoms with Gasteiger partial charge in [0.25, 0.3) is 0 Å². The van der Waals surface area contributed by atoms with Crippen LogP contribution in [-0.2, 0) is 4.74 Å². The summed E-state index contributed by atoms with van der Waals surface area (Å²) in [7, 11) is 0. The second-order valence-electron chi connectivity index (χ2n) is 6.80. The molecule has 3 nitrogen and oxygen atoms in total. The molecule has 1 aliphatic heterocycles. The van der Waals surface area contributed by atoms with E-state index < -0.39 is 0 Å². The Labute approximate surface area is 125 Å². The first kappa shape index (κ1) is 16.3. The normalized spacial score (nSPS) is 35.5. The van der Waals surface area contributed by atoms with Crippen LogP contribution in [0.4, 0.5) is 0 Å². The average molecular weight is 282 g/mol. The first-order valence-corrected chi connectivity index (χ1v) is 8.78. The molecule has 1 aliphatic carbocycles. The highest BCUT2D eigenvalue weighted by molar-refractivity contribution is 5.04. The van der Waals surface area contributed by atoms with Crippen molar-refractivity contribution in [3.8, 4) is 0 Å². The van der Waals surface area contributed by atoms with Crippen molar-refractivity contribution in [2.45, 2.75) is 71.4 Å². The summed E-state index contributed by atoms with van der Waals surface area (Å²) in [5.74, 6) is 0. The molecule has 0 amide bonds. The lowest BCUT2D eigenvalue weighted by atomic mass is 9.61. The number of likely N-dealkylation sites (tertiary alicyclic amines) is 1. The molecule has 0 aromatic heterocycles. The van der Waals surface area contributed by atoms with Crippen LogP contribution >= 0.6 is 0 Å². The lowest BCUT2D eigenvalue weighted by molar-refractivity contribution is -0.125. The highest BCUT2D eigenvalue weighted by Crippen LogP contribution is 2.45. The van der Waals surface area contributed by atoms with Gasteiger partial charge in [-0.05, 0) is 45.7 Å². The molecule has 3 heteroatoms. The monoisotopic (exact) mass is 282 g/mol. The summed E-state index contributed by atoms with van der Waals surface area (Å²) >= 11 is 0. The molecule has 0 aromatic rings. The molecule has 1 heterocycles. The molecule has 2 rings (SSSR count). The van der Waals surface area contributed by atoms with Crippen molar-refractivity contribution in [1.82, 2.24) is 10.2 Å². The minimum absolute atomic E-state index is 0.342. The van der Waals surface area contributed by atoms with Crippen LogP contribution in [0.15, 0.2) is 0 Å². The third kappa shape index (κ3) is 3.75. The van der Waals surface area contributed by atoms with Gasteiger partial charge in [0.1, 0.15) is 0 Å². The van der Waals surface area contributed by atoms with Crippen LogP contribution in [0.5, 0.6) is 0 Å². The van der Waals surface area contributed by atoms with Gasteiger partial charge in [0.2, 0.25) is 0 Å². The zero-order valence-corrected chi connectivity index (χ0v) is 13.8. The second kappa shape index (κ2) is 7.77. The van der Waals surface area contributed by atoms with Gasteiger partial charge in [0, 0.05) is 31.2 Å². The van der Waals surface area contributed by atoms with Gasteiger partial charge in [-0.2, -0.15) is 0 Å². The van der Waals surface area contributed by atoms with Gasteiger partial charge in [-0.3, -0.25) is 0 Å². The van der Waals surface area contributed by atoms with Crippen molar-refractivity contribution in [2.75, 3.05) is 32.8 Å². The van der Waals surface area contributed by atoms with Gasteiger partial charge < -0.3 is 15.0 Å². The fourth-order valence-corrected chi connectivity index (χ4v) is 3.82. The third-order valence-electron chi connectivity index (χ3n) is 5.63. The molecular weight excluding hydrogens is 248 g/mol. The number of hydrogen-bond acceptors (Lipinski definition) is 3. The second-order valence-corrected chi connectivity index (χ2v) is 6.80. The maximum Gasteiger partial charge on any atom is 0.0658 e. The van der Waals surface area contributed by atoms with Crippen molar-refractivity contribution in [1.29, 1.82) is 0 Å². The van der Waals surface area contributed by atoms with Crippen LogP contribution in [0.3, 0.4) is 0 Å². The smallest absolute Gasteiger partial charge is 0.0658 e. The zero-order chi connectivity index (χ0) is 14.4. The summed E-state index contributed by atoms with van der Waals surface area (Å²) in [4.78, 5) is 2.64. The largest absolute Gasteiger partial charge is 0.378 e. The van der Waals surface area contributed by atoms with E-state index in [1.54, 1.807) is 0 Å².